The van der Waals surface area contributed by atoms with Gasteiger partial charge in [0, 0.05) is 26.2 Å². The van der Waals surface area contributed by atoms with Crippen LogP contribution in [0.4, 0.5) is 0 Å². The Balaban J connectivity index is 2.68. The third kappa shape index (κ3) is 3.34. The maximum atomic E-state index is 11.3. The van der Waals surface area contributed by atoms with Gasteiger partial charge in [0.2, 0.25) is 5.91 Å². The molecule has 6 nitrogen and oxygen atoms in total. The van der Waals surface area contributed by atoms with Crippen LogP contribution in [-0.4, -0.2) is 22.5 Å². The Morgan fingerprint density at radius 2 is 2.25 bits per heavy atom. The van der Waals surface area contributed by atoms with Gasteiger partial charge in [0.05, 0.1) is 4.47 Å². The predicted molar refractivity (Wildman–Crippen MR) is 62.3 cm³/mol. The van der Waals surface area contributed by atoms with E-state index in [1.807, 2.05) is 0 Å². The van der Waals surface area contributed by atoms with Crippen molar-refractivity contribution in [3.63, 3.8) is 0 Å². The summed E-state index contributed by atoms with van der Waals surface area (Å²) in [5.74, 6) is -0.0726. The Hall–Kier alpha value is -1.37. The maximum Gasteiger partial charge on any atom is 0.328 e. The Morgan fingerprint density at radius 3 is 2.88 bits per heavy atom. The quantitative estimate of drug-likeness (QED) is 0.807. The highest BCUT2D eigenvalue weighted by Crippen LogP contribution is 1.99. The van der Waals surface area contributed by atoms with Crippen LogP contribution in [0.25, 0.3) is 0 Å². The number of halogens is 1. The SMILES string of the molecule is CNC(=O)CCCn1cc(Br)c(=O)[nH]c1=O. The van der Waals surface area contributed by atoms with Crippen LogP contribution in [0.3, 0.4) is 0 Å². The first-order chi connectivity index (χ1) is 7.54. The molecule has 0 aliphatic heterocycles. The van der Waals surface area contributed by atoms with Crippen molar-refractivity contribution >= 4 is 21.8 Å². The fourth-order valence-corrected chi connectivity index (χ4v) is 1.53. The van der Waals surface area contributed by atoms with Gasteiger partial charge in [-0.15, -0.1) is 0 Å². The van der Waals surface area contributed by atoms with E-state index in [2.05, 4.69) is 26.2 Å². The number of aromatic nitrogens is 2. The topological polar surface area (TPSA) is 84.0 Å². The summed E-state index contributed by atoms with van der Waals surface area (Å²) in [7, 11) is 1.56. The van der Waals surface area contributed by atoms with Gasteiger partial charge in [-0.1, -0.05) is 0 Å². The molecule has 0 fully saturated rings. The molecule has 2 N–H and O–H groups in total. The van der Waals surface area contributed by atoms with Crippen molar-refractivity contribution in [1.29, 1.82) is 0 Å². The number of H-pyrrole nitrogens is 1. The van der Waals surface area contributed by atoms with Crippen molar-refractivity contribution in [3.8, 4) is 0 Å². The van der Waals surface area contributed by atoms with Crippen molar-refractivity contribution in [2.24, 2.45) is 0 Å². The number of aromatic amines is 1. The normalized spacial score (nSPS) is 10.1. The van der Waals surface area contributed by atoms with Gasteiger partial charge in [0.1, 0.15) is 0 Å². The van der Waals surface area contributed by atoms with Gasteiger partial charge in [0.15, 0.2) is 0 Å². The number of amides is 1. The number of aryl methyl sites for hydroxylation is 1. The van der Waals surface area contributed by atoms with E-state index >= 15 is 0 Å². The van der Waals surface area contributed by atoms with E-state index in [0.717, 1.165) is 0 Å². The molecule has 0 radical (unpaired) electrons. The number of hydrogen-bond acceptors (Lipinski definition) is 3. The fraction of sp³-hybridized carbons (Fsp3) is 0.444. The van der Waals surface area contributed by atoms with Crippen molar-refractivity contribution in [3.05, 3.63) is 31.5 Å². The van der Waals surface area contributed by atoms with E-state index in [0.29, 0.717) is 23.9 Å². The molecule has 1 aromatic rings. The number of nitrogens with one attached hydrogen (secondary N) is 2. The van der Waals surface area contributed by atoms with Gasteiger partial charge in [-0.05, 0) is 22.4 Å². The van der Waals surface area contributed by atoms with Gasteiger partial charge in [0.25, 0.3) is 5.56 Å². The minimum atomic E-state index is -0.467. The zero-order valence-electron chi connectivity index (χ0n) is 8.75. The van der Waals surface area contributed by atoms with Crippen LogP contribution in [0.2, 0.25) is 0 Å². The maximum absolute atomic E-state index is 11.3. The highest BCUT2D eigenvalue weighted by Gasteiger charge is 2.03. The lowest BCUT2D eigenvalue weighted by Gasteiger charge is -2.04. The molecule has 1 amide bonds. The largest absolute Gasteiger partial charge is 0.359 e. The summed E-state index contributed by atoms with van der Waals surface area (Å²) in [5.41, 5.74) is -0.919. The van der Waals surface area contributed by atoms with E-state index < -0.39 is 11.2 Å². The number of carbonyl (C=O) groups excluding carboxylic acids is 1. The van der Waals surface area contributed by atoms with E-state index in [1.54, 1.807) is 7.05 Å². The lowest BCUT2D eigenvalue weighted by molar-refractivity contribution is -0.120. The summed E-state index contributed by atoms with van der Waals surface area (Å²) < 4.78 is 1.65. The standard InChI is InChI=1S/C9H12BrN3O3/c1-11-7(14)3-2-4-13-5-6(10)8(15)12-9(13)16/h5H,2-4H2,1H3,(H,11,14)(H,12,15,16). The Labute approximate surface area is 99.8 Å². The first-order valence-electron chi connectivity index (χ1n) is 4.74. The van der Waals surface area contributed by atoms with Gasteiger partial charge < -0.3 is 5.32 Å². The average Bonchev–Trinajstić information content (AvgIpc) is 2.25. The van der Waals surface area contributed by atoms with Crippen LogP contribution in [-0.2, 0) is 11.3 Å². The minimum Gasteiger partial charge on any atom is -0.359 e. The first-order valence-corrected chi connectivity index (χ1v) is 5.53. The molecule has 0 aliphatic carbocycles. The van der Waals surface area contributed by atoms with Crippen LogP contribution in [0.1, 0.15) is 12.8 Å². The Bertz CT molecular complexity index is 492. The minimum absolute atomic E-state index is 0.0726. The molecular weight excluding hydrogens is 278 g/mol. The van der Waals surface area contributed by atoms with Crippen LogP contribution in [0.5, 0.6) is 0 Å². The van der Waals surface area contributed by atoms with E-state index in [4.69, 9.17) is 0 Å². The third-order valence-corrected chi connectivity index (χ3v) is 2.61. The predicted octanol–water partition coefficient (Wildman–Crippen LogP) is -0.175. The summed E-state index contributed by atoms with van der Waals surface area (Å²) in [6.45, 7) is 0.391. The number of nitrogens with zero attached hydrogens (tertiary/aromatic N) is 1. The lowest BCUT2D eigenvalue weighted by Crippen LogP contribution is -2.30. The zero-order valence-corrected chi connectivity index (χ0v) is 10.3. The summed E-state index contributed by atoms with van der Waals surface area (Å²) in [6, 6.07) is 0. The third-order valence-electron chi connectivity index (χ3n) is 2.05. The highest BCUT2D eigenvalue weighted by molar-refractivity contribution is 9.10. The molecule has 1 rings (SSSR count). The molecule has 0 saturated carbocycles. The first kappa shape index (κ1) is 12.7. The molecular formula is C9H12BrN3O3. The van der Waals surface area contributed by atoms with Crippen molar-refractivity contribution in [2.75, 3.05) is 7.05 Å². The van der Waals surface area contributed by atoms with Gasteiger partial charge in [-0.25, -0.2) is 4.79 Å². The fourth-order valence-electron chi connectivity index (χ4n) is 1.18. The van der Waals surface area contributed by atoms with Crippen LogP contribution < -0.4 is 16.6 Å². The molecule has 1 aromatic heterocycles. The zero-order chi connectivity index (χ0) is 12.1. The number of rotatable bonds is 4. The molecule has 16 heavy (non-hydrogen) atoms. The number of hydrogen-bond donors (Lipinski definition) is 2. The monoisotopic (exact) mass is 289 g/mol. The molecule has 0 unspecified atom stereocenters. The molecule has 88 valence electrons. The van der Waals surface area contributed by atoms with Crippen LogP contribution in [0, 0.1) is 0 Å². The second-order valence-corrected chi connectivity index (χ2v) is 4.06. The highest BCUT2D eigenvalue weighted by atomic mass is 79.9. The smallest absolute Gasteiger partial charge is 0.328 e. The second-order valence-electron chi connectivity index (χ2n) is 3.21. The van der Waals surface area contributed by atoms with Gasteiger partial charge in [-0.2, -0.15) is 0 Å². The molecule has 7 heteroatoms. The molecule has 0 aromatic carbocycles. The Morgan fingerprint density at radius 1 is 1.56 bits per heavy atom. The molecule has 0 saturated heterocycles. The summed E-state index contributed by atoms with van der Waals surface area (Å²) in [5, 5.41) is 2.49. The lowest BCUT2D eigenvalue weighted by atomic mass is 10.3. The molecule has 0 atom stereocenters. The second kappa shape index (κ2) is 5.64. The summed E-state index contributed by atoms with van der Waals surface area (Å²) in [4.78, 5) is 35.5. The number of carbonyl (C=O) groups is 1. The van der Waals surface area contributed by atoms with E-state index in [1.165, 1.54) is 10.8 Å². The van der Waals surface area contributed by atoms with Crippen molar-refractivity contribution in [1.82, 2.24) is 14.9 Å². The van der Waals surface area contributed by atoms with E-state index in [9.17, 15) is 14.4 Å². The van der Waals surface area contributed by atoms with Crippen molar-refractivity contribution in [2.45, 2.75) is 19.4 Å². The summed E-state index contributed by atoms with van der Waals surface area (Å²) >= 11 is 3.03. The van der Waals surface area contributed by atoms with Gasteiger partial charge >= 0.3 is 5.69 Å². The van der Waals surface area contributed by atoms with Gasteiger partial charge in [-0.3, -0.25) is 19.1 Å². The molecule has 0 aliphatic rings. The van der Waals surface area contributed by atoms with Crippen molar-refractivity contribution < 1.29 is 4.79 Å². The van der Waals surface area contributed by atoms with E-state index in [-0.39, 0.29) is 5.91 Å². The Kier molecular flexibility index (Phi) is 4.48. The molecule has 0 spiro atoms. The summed E-state index contributed by atoms with van der Waals surface area (Å²) in [6.07, 6.45) is 2.31. The van der Waals surface area contributed by atoms with Crippen LogP contribution >= 0.6 is 15.9 Å². The average molecular weight is 290 g/mol. The molecule has 1 heterocycles. The molecule has 0 bridgehead atoms. The van der Waals surface area contributed by atoms with Crippen LogP contribution in [0.15, 0.2) is 20.3 Å².